The van der Waals surface area contributed by atoms with E-state index in [0.717, 1.165) is 29.2 Å². The Morgan fingerprint density at radius 1 is 1.24 bits per heavy atom. The summed E-state index contributed by atoms with van der Waals surface area (Å²) in [6.45, 7) is 3.36. The van der Waals surface area contributed by atoms with Gasteiger partial charge in [-0.05, 0) is 56.9 Å². The average molecular weight is 402 g/mol. The number of phenolic OH excluding ortho intramolecular Hbond substituents is 1. The lowest BCUT2D eigenvalue weighted by molar-refractivity contribution is 0.0740. The van der Waals surface area contributed by atoms with Crippen LogP contribution in [0.25, 0.3) is 10.8 Å². The van der Waals surface area contributed by atoms with Crippen LogP contribution in [0.2, 0.25) is 0 Å². The number of carbonyl (C=O) groups is 1. The van der Waals surface area contributed by atoms with E-state index < -0.39 is 0 Å². The van der Waals surface area contributed by atoms with Gasteiger partial charge < -0.3 is 14.4 Å². The molecule has 0 aliphatic heterocycles. The van der Waals surface area contributed by atoms with Crippen molar-refractivity contribution in [3.8, 4) is 5.75 Å². The molecule has 0 saturated heterocycles. The summed E-state index contributed by atoms with van der Waals surface area (Å²) in [5.41, 5.74) is 1.63. The number of unbranched alkanes of at least 4 members (excludes halogenated alkanes) is 1. The normalized spacial score (nSPS) is 11.0. The molecule has 5 heteroatoms. The van der Waals surface area contributed by atoms with Crippen LogP contribution in [-0.2, 0) is 6.54 Å². The van der Waals surface area contributed by atoms with Crippen molar-refractivity contribution in [2.24, 2.45) is 0 Å². The maximum absolute atomic E-state index is 12.7. The Kier molecular flexibility index (Phi) is 5.43. The van der Waals surface area contributed by atoms with Crippen LogP contribution in [0.4, 0.5) is 0 Å². The molecule has 1 aromatic heterocycles. The Morgan fingerprint density at radius 2 is 2.08 bits per heavy atom. The second kappa shape index (κ2) is 7.74. The van der Waals surface area contributed by atoms with Crippen molar-refractivity contribution in [2.75, 3.05) is 6.54 Å². The van der Waals surface area contributed by atoms with Crippen molar-refractivity contribution >= 4 is 32.6 Å². The monoisotopic (exact) mass is 401 g/mol. The van der Waals surface area contributed by atoms with Gasteiger partial charge >= 0.3 is 0 Å². The van der Waals surface area contributed by atoms with Crippen molar-refractivity contribution in [3.05, 3.63) is 64.5 Å². The number of nitrogens with zero attached hydrogens (tertiary/aromatic N) is 1. The first-order valence-electron chi connectivity index (χ1n) is 8.31. The number of amides is 1. The van der Waals surface area contributed by atoms with Crippen LogP contribution < -0.4 is 0 Å². The van der Waals surface area contributed by atoms with Gasteiger partial charge in [0.15, 0.2) is 0 Å². The zero-order valence-corrected chi connectivity index (χ0v) is 15.6. The molecule has 4 nitrogen and oxygen atoms in total. The Hall–Kier alpha value is -2.27. The Labute approximate surface area is 155 Å². The summed E-state index contributed by atoms with van der Waals surface area (Å²) in [5, 5.41) is 11.8. The fourth-order valence-electron chi connectivity index (χ4n) is 2.82. The standard InChI is InChI=1S/C20H20BrNO3/c1-2-3-9-22(20(24)16-8-10-25-13-16)12-14-4-6-17-15(11-14)5-7-18(23)19(17)21/h4-8,10-11,13,23H,2-3,9,12H2,1H3. The number of benzene rings is 2. The molecule has 0 atom stereocenters. The molecule has 1 heterocycles. The number of carbonyl (C=O) groups excluding carboxylic acids is 1. The number of halogens is 1. The molecule has 0 radical (unpaired) electrons. The zero-order chi connectivity index (χ0) is 17.8. The van der Waals surface area contributed by atoms with Gasteiger partial charge in [-0.25, -0.2) is 0 Å². The van der Waals surface area contributed by atoms with E-state index in [1.165, 1.54) is 12.5 Å². The van der Waals surface area contributed by atoms with E-state index in [1.54, 1.807) is 12.1 Å². The van der Waals surface area contributed by atoms with E-state index >= 15 is 0 Å². The first kappa shape index (κ1) is 17.5. The second-order valence-electron chi connectivity index (χ2n) is 6.05. The van der Waals surface area contributed by atoms with Crippen LogP contribution in [0.1, 0.15) is 35.7 Å². The summed E-state index contributed by atoms with van der Waals surface area (Å²) in [7, 11) is 0. The highest BCUT2D eigenvalue weighted by atomic mass is 79.9. The molecule has 0 saturated carbocycles. The van der Waals surface area contributed by atoms with Crippen LogP contribution in [0.15, 0.2) is 57.8 Å². The molecular weight excluding hydrogens is 382 g/mol. The van der Waals surface area contributed by atoms with Crippen molar-refractivity contribution < 1.29 is 14.3 Å². The third-order valence-electron chi connectivity index (χ3n) is 4.21. The van der Waals surface area contributed by atoms with Gasteiger partial charge in [0.25, 0.3) is 5.91 Å². The van der Waals surface area contributed by atoms with Crippen LogP contribution in [-0.4, -0.2) is 22.5 Å². The molecule has 0 aliphatic rings. The SMILES string of the molecule is CCCCN(Cc1ccc2c(Br)c(O)ccc2c1)C(=O)c1ccoc1. The number of phenols is 1. The van der Waals surface area contributed by atoms with Gasteiger partial charge in [-0.3, -0.25) is 4.79 Å². The molecule has 0 unspecified atom stereocenters. The number of aromatic hydroxyl groups is 1. The Bertz CT molecular complexity index is 874. The molecule has 0 fully saturated rings. The predicted octanol–water partition coefficient (Wildman–Crippen LogP) is 5.34. The Morgan fingerprint density at radius 3 is 2.80 bits per heavy atom. The van der Waals surface area contributed by atoms with Crippen molar-refractivity contribution in [2.45, 2.75) is 26.3 Å². The summed E-state index contributed by atoms with van der Waals surface area (Å²) in [6.07, 6.45) is 4.99. The maximum Gasteiger partial charge on any atom is 0.257 e. The fourth-order valence-corrected chi connectivity index (χ4v) is 3.31. The van der Waals surface area contributed by atoms with E-state index in [0.29, 0.717) is 23.1 Å². The van der Waals surface area contributed by atoms with E-state index in [4.69, 9.17) is 4.42 Å². The van der Waals surface area contributed by atoms with Crippen LogP contribution >= 0.6 is 15.9 Å². The fraction of sp³-hybridized carbons (Fsp3) is 0.250. The van der Waals surface area contributed by atoms with Gasteiger partial charge in [0.1, 0.15) is 12.0 Å². The highest BCUT2D eigenvalue weighted by Gasteiger charge is 2.17. The van der Waals surface area contributed by atoms with Gasteiger partial charge in [0.05, 0.1) is 16.3 Å². The number of fused-ring (bicyclic) bond motifs is 1. The summed E-state index contributed by atoms with van der Waals surface area (Å²) in [5.74, 6) is 0.203. The lowest BCUT2D eigenvalue weighted by Crippen LogP contribution is -2.31. The van der Waals surface area contributed by atoms with E-state index in [-0.39, 0.29) is 11.7 Å². The lowest BCUT2D eigenvalue weighted by atomic mass is 10.1. The van der Waals surface area contributed by atoms with E-state index in [1.807, 2.05) is 23.1 Å². The smallest absolute Gasteiger partial charge is 0.257 e. The molecule has 3 aromatic rings. The molecule has 130 valence electrons. The number of hydrogen-bond donors (Lipinski definition) is 1. The predicted molar refractivity (Wildman–Crippen MR) is 102 cm³/mol. The molecule has 0 aliphatic carbocycles. The zero-order valence-electron chi connectivity index (χ0n) is 14.0. The van der Waals surface area contributed by atoms with E-state index in [2.05, 4.69) is 28.9 Å². The molecule has 0 bridgehead atoms. The summed E-state index contributed by atoms with van der Waals surface area (Å²) in [6, 6.07) is 11.3. The lowest BCUT2D eigenvalue weighted by Gasteiger charge is -2.22. The van der Waals surface area contributed by atoms with Gasteiger partial charge in [-0.2, -0.15) is 0 Å². The largest absolute Gasteiger partial charge is 0.507 e. The first-order chi connectivity index (χ1) is 12.1. The minimum absolute atomic E-state index is 0.0193. The van der Waals surface area contributed by atoms with Crippen molar-refractivity contribution in [3.63, 3.8) is 0 Å². The summed E-state index contributed by atoms with van der Waals surface area (Å²) in [4.78, 5) is 14.6. The van der Waals surface area contributed by atoms with Crippen LogP contribution in [0.3, 0.4) is 0 Å². The molecule has 2 aromatic carbocycles. The quantitative estimate of drug-likeness (QED) is 0.605. The molecule has 1 amide bonds. The average Bonchev–Trinajstić information content (AvgIpc) is 3.16. The Balaban J connectivity index is 1.87. The number of rotatable bonds is 6. The first-order valence-corrected chi connectivity index (χ1v) is 9.11. The molecular formula is C20H20BrNO3. The van der Waals surface area contributed by atoms with Crippen molar-refractivity contribution in [1.29, 1.82) is 0 Å². The van der Waals surface area contributed by atoms with Crippen LogP contribution in [0, 0.1) is 0 Å². The molecule has 1 N–H and O–H groups in total. The van der Waals surface area contributed by atoms with Gasteiger partial charge in [0, 0.05) is 13.1 Å². The minimum Gasteiger partial charge on any atom is -0.507 e. The van der Waals surface area contributed by atoms with Gasteiger partial charge in [-0.15, -0.1) is 0 Å². The molecule has 0 spiro atoms. The number of hydrogen-bond acceptors (Lipinski definition) is 3. The van der Waals surface area contributed by atoms with E-state index in [9.17, 15) is 9.90 Å². The summed E-state index contributed by atoms with van der Waals surface area (Å²) < 4.78 is 5.73. The molecule has 25 heavy (non-hydrogen) atoms. The van der Waals surface area contributed by atoms with Gasteiger partial charge in [0.2, 0.25) is 0 Å². The highest BCUT2D eigenvalue weighted by Crippen LogP contribution is 2.32. The highest BCUT2D eigenvalue weighted by molar-refractivity contribution is 9.10. The maximum atomic E-state index is 12.7. The third-order valence-corrected chi connectivity index (χ3v) is 5.04. The minimum atomic E-state index is -0.0193. The van der Waals surface area contributed by atoms with Crippen LogP contribution in [0.5, 0.6) is 5.75 Å². The van der Waals surface area contributed by atoms with Gasteiger partial charge in [-0.1, -0.05) is 31.5 Å². The molecule has 3 rings (SSSR count). The van der Waals surface area contributed by atoms with Crippen molar-refractivity contribution in [1.82, 2.24) is 4.90 Å². The third kappa shape index (κ3) is 3.87. The second-order valence-corrected chi connectivity index (χ2v) is 6.84. The number of furan rings is 1. The topological polar surface area (TPSA) is 53.7 Å². The summed E-state index contributed by atoms with van der Waals surface area (Å²) >= 11 is 3.41.